The molecule has 0 aliphatic rings. The van der Waals surface area contributed by atoms with E-state index < -0.39 is 5.97 Å². The lowest BCUT2D eigenvalue weighted by atomic mass is 10.3. The average Bonchev–Trinajstić information content (AvgIpc) is 2.08. The van der Waals surface area contributed by atoms with Gasteiger partial charge in [0.1, 0.15) is 11.4 Å². The predicted octanol–water partition coefficient (Wildman–Crippen LogP) is 1.28. The van der Waals surface area contributed by atoms with Crippen LogP contribution in [0.5, 0.6) is 5.75 Å². The van der Waals surface area contributed by atoms with Crippen molar-refractivity contribution < 1.29 is 15.0 Å². The highest BCUT2D eigenvalue weighted by atomic mass is 16.4. The van der Waals surface area contributed by atoms with Crippen LogP contribution in [0.15, 0.2) is 24.4 Å². The Bertz CT molecular complexity index is 333. The van der Waals surface area contributed by atoms with E-state index in [4.69, 9.17) is 5.11 Å². The molecule has 0 aromatic carbocycles. The van der Waals surface area contributed by atoms with E-state index >= 15 is 0 Å². The van der Waals surface area contributed by atoms with E-state index in [1.807, 2.05) is 0 Å². The normalized spacial score (nSPS) is 10.5. The molecule has 0 fully saturated rings. The third kappa shape index (κ3) is 2.94. The van der Waals surface area contributed by atoms with E-state index in [1.165, 1.54) is 24.4 Å². The number of hydrogen-bond acceptors (Lipinski definition) is 3. The molecule has 0 aliphatic carbocycles. The summed E-state index contributed by atoms with van der Waals surface area (Å²) < 4.78 is 0. The lowest BCUT2D eigenvalue weighted by molar-refractivity contribution is -0.135. The number of carboxylic acid groups (broad SMARTS) is 1. The van der Waals surface area contributed by atoms with Gasteiger partial charge in [0.05, 0.1) is 6.42 Å². The van der Waals surface area contributed by atoms with Crippen molar-refractivity contribution in [3.05, 3.63) is 30.1 Å². The Morgan fingerprint density at radius 2 is 2.38 bits per heavy atom. The molecule has 4 nitrogen and oxygen atoms in total. The van der Waals surface area contributed by atoms with E-state index in [9.17, 15) is 9.90 Å². The summed E-state index contributed by atoms with van der Waals surface area (Å²) >= 11 is 0. The molecule has 0 radical (unpaired) electrons. The largest absolute Gasteiger partial charge is 0.506 e. The number of rotatable bonds is 3. The Morgan fingerprint density at radius 3 is 3.00 bits per heavy atom. The quantitative estimate of drug-likeness (QED) is 0.733. The Kier molecular flexibility index (Phi) is 3.03. The fourth-order valence-electron chi connectivity index (χ4n) is 0.809. The Balaban J connectivity index is 2.68. The van der Waals surface area contributed by atoms with Crippen LogP contribution < -0.4 is 0 Å². The van der Waals surface area contributed by atoms with Crippen LogP contribution in [0.25, 0.3) is 6.08 Å². The minimum Gasteiger partial charge on any atom is -0.506 e. The molecule has 1 aromatic rings. The van der Waals surface area contributed by atoms with Gasteiger partial charge in [0.15, 0.2) is 0 Å². The first-order chi connectivity index (χ1) is 6.20. The lowest BCUT2D eigenvalue weighted by Crippen LogP contribution is -1.90. The van der Waals surface area contributed by atoms with Crippen molar-refractivity contribution in [2.45, 2.75) is 6.42 Å². The molecule has 0 saturated carbocycles. The third-order valence-corrected chi connectivity index (χ3v) is 1.38. The molecule has 1 rings (SSSR count). The van der Waals surface area contributed by atoms with Crippen LogP contribution in [0, 0.1) is 0 Å². The van der Waals surface area contributed by atoms with Gasteiger partial charge in [0, 0.05) is 6.20 Å². The van der Waals surface area contributed by atoms with Crippen molar-refractivity contribution in [2.24, 2.45) is 0 Å². The predicted molar refractivity (Wildman–Crippen MR) is 47.2 cm³/mol. The summed E-state index contributed by atoms with van der Waals surface area (Å²) in [5.74, 6) is -0.865. The van der Waals surface area contributed by atoms with Crippen LogP contribution in [0.1, 0.15) is 12.1 Å². The van der Waals surface area contributed by atoms with Crippen molar-refractivity contribution in [1.82, 2.24) is 4.98 Å². The Hall–Kier alpha value is -1.84. The Labute approximate surface area is 75.2 Å². The SMILES string of the molecule is O=C(O)CC=Cc1ncccc1O. The van der Waals surface area contributed by atoms with E-state index in [1.54, 1.807) is 6.07 Å². The maximum atomic E-state index is 10.1. The van der Waals surface area contributed by atoms with Gasteiger partial charge in [-0.1, -0.05) is 6.08 Å². The molecule has 1 aromatic heterocycles. The number of hydrogen-bond donors (Lipinski definition) is 2. The smallest absolute Gasteiger partial charge is 0.307 e. The average molecular weight is 179 g/mol. The van der Waals surface area contributed by atoms with Gasteiger partial charge in [-0.3, -0.25) is 9.78 Å². The second-order valence-electron chi connectivity index (χ2n) is 2.41. The minimum atomic E-state index is -0.910. The fourth-order valence-corrected chi connectivity index (χ4v) is 0.809. The van der Waals surface area contributed by atoms with Crippen molar-refractivity contribution in [3.8, 4) is 5.75 Å². The number of aromatic hydroxyl groups is 1. The number of carbonyl (C=O) groups is 1. The number of aliphatic carboxylic acids is 1. The number of nitrogens with zero attached hydrogens (tertiary/aromatic N) is 1. The van der Waals surface area contributed by atoms with Gasteiger partial charge >= 0.3 is 5.97 Å². The van der Waals surface area contributed by atoms with Crippen molar-refractivity contribution in [1.29, 1.82) is 0 Å². The van der Waals surface area contributed by atoms with Gasteiger partial charge in [-0.15, -0.1) is 0 Å². The molecule has 0 spiro atoms. The third-order valence-electron chi connectivity index (χ3n) is 1.38. The molecule has 0 bridgehead atoms. The van der Waals surface area contributed by atoms with E-state index in [0.717, 1.165) is 0 Å². The number of aromatic nitrogens is 1. The van der Waals surface area contributed by atoms with Gasteiger partial charge in [0.2, 0.25) is 0 Å². The number of carboxylic acids is 1. The van der Waals surface area contributed by atoms with Gasteiger partial charge < -0.3 is 10.2 Å². The summed E-state index contributed by atoms with van der Waals surface area (Å²) in [5, 5.41) is 17.5. The molecule has 0 amide bonds. The molecule has 4 heteroatoms. The standard InChI is InChI=1S/C9H9NO3/c11-8-4-2-6-10-7(8)3-1-5-9(12)13/h1-4,6,11H,5H2,(H,12,13). The molecule has 2 N–H and O–H groups in total. The second-order valence-corrected chi connectivity index (χ2v) is 2.41. The summed E-state index contributed by atoms with van der Waals surface area (Å²) in [4.78, 5) is 14.0. The van der Waals surface area contributed by atoms with Crippen LogP contribution in [0.2, 0.25) is 0 Å². The topological polar surface area (TPSA) is 70.4 Å². The maximum Gasteiger partial charge on any atom is 0.307 e. The van der Waals surface area contributed by atoms with Crippen LogP contribution >= 0.6 is 0 Å². The highest BCUT2D eigenvalue weighted by Crippen LogP contribution is 2.13. The number of pyridine rings is 1. The molecular formula is C9H9NO3. The van der Waals surface area contributed by atoms with Crippen LogP contribution in [-0.2, 0) is 4.79 Å². The van der Waals surface area contributed by atoms with E-state index in [-0.39, 0.29) is 12.2 Å². The molecule has 13 heavy (non-hydrogen) atoms. The molecule has 0 atom stereocenters. The maximum absolute atomic E-state index is 10.1. The monoisotopic (exact) mass is 179 g/mol. The van der Waals surface area contributed by atoms with Crippen molar-refractivity contribution >= 4 is 12.0 Å². The summed E-state index contributed by atoms with van der Waals surface area (Å²) in [6, 6.07) is 3.09. The highest BCUT2D eigenvalue weighted by molar-refractivity contribution is 5.70. The highest BCUT2D eigenvalue weighted by Gasteiger charge is 1.96. The fraction of sp³-hybridized carbons (Fsp3) is 0.111. The van der Waals surface area contributed by atoms with Crippen molar-refractivity contribution in [2.75, 3.05) is 0 Å². The zero-order valence-corrected chi connectivity index (χ0v) is 6.84. The van der Waals surface area contributed by atoms with Gasteiger partial charge in [-0.2, -0.15) is 0 Å². The first kappa shape index (κ1) is 9.25. The van der Waals surface area contributed by atoms with E-state index in [0.29, 0.717) is 5.69 Å². The molecule has 1 heterocycles. The minimum absolute atomic E-state index is 0.0455. The van der Waals surface area contributed by atoms with Crippen LogP contribution in [-0.4, -0.2) is 21.2 Å². The van der Waals surface area contributed by atoms with Gasteiger partial charge in [0.25, 0.3) is 0 Å². The first-order valence-corrected chi connectivity index (χ1v) is 3.72. The summed E-state index contributed by atoms with van der Waals surface area (Å²) in [5.41, 5.74) is 0.378. The molecule has 68 valence electrons. The lowest BCUT2D eigenvalue weighted by Gasteiger charge is -1.94. The van der Waals surface area contributed by atoms with E-state index in [2.05, 4.69) is 4.98 Å². The zero-order valence-electron chi connectivity index (χ0n) is 6.84. The molecular weight excluding hydrogens is 170 g/mol. The van der Waals surface area contributed by atoms with Gasteiger partial charge in [-0.25, -0.2) is 0 Å². The van der Waals surface area contributed by atoms with Crippen LogP contribution in [0.3, 0.4) is 0 Å². The first-order valence-electron chi connectivity index (χ1n) is 3.72. The van der Waals surface area contributed by atoms with Crippen molar-refractivity contribution in [3.63, 3.8) is 0 Å². The molecule has 0 unspecified atom stereocenters. The summed E-state index contributed by atoms with van der Waals surface area (Å²) in [6.07, 6.45) is 4.37. The molecule has 0 aliphatic heterocycles. The van der Waals surface area contributed by atoms with Gasteiger partial charge in [-0.05, 0) is 18.2 Å². The molecule has 0 saturated heterocycles. The summed E-state index contributed by atoms with van der Waals surface area (Å²) in [6.45, 7) is 0. The van der Waals surface area contributed by atoms with Crippen LogP contribution in [0.4, 0.5) is 0 Å². The second kappa shape index (κ2) is 4.25. The Morgan fingerprint density at radius 1 is 1.62 bits per heavy atom. The zero-order chi connectivity index (χ0) is 9.68. The summed E-state index contributed by atoms with van der Waals surface area (Å²) in [7, 11) is 0.